The molecule has 0 radical (unpaired) electrons. The molecule has 1 amide bonds. The molecule has 0 spiro atoms. The zero-order valence-corrected chi connectivity index (χ0v) is 16.1. The number of non-ortho nitro benzene ring substituents is 1. The number of anilines is 1. The van der Waals surface area contributed by atoms with Crippen molar-refractivity contribution in [1.82, 2.24) is 0 Å². The van der Waals surface area contributed by atoms with E-state index in [1.807, 2.05) is 6.07 Å². The van der Waals surface area contributed by atoms with Crippen LogP contribution < -0.4 is 14.8 Å². The minimum absolute atomic E-state index is 0.0364. The number of hydrogen-bond donors (Lipinski definition) is 1. The number of carbonyl (C=O) groups is 1. The van der Waals surface area contributed by atoms with Gasteiger partial charge in [0.05, 0.1) is 17.1 Å². The van der Waals surface area contributed by atoms with Crippen LogP contribution in [0.15, 0.2) is 72.8 Å². The lowest BCUT2D eigenvalue weighted by molar-refractivity contribution is -0.384. The van der Waals surface area contributed by atoms with Crippen molar-refractivity contribution < 1.29 is 19.2 Å². The molecule has 7 nitrogen and oxygen atoms in total. The van der Waals surface area contributed by atoms with Gasteiger partial charge in [-0.2, -0.15) is 0 Å². The quantitative estimate of drug-likeness (QED) is 0.434. The maximum absolute atomic E-state index is 13.0. The molecule has 29 heavy (non-hydrogen) atoms. The molecule has 3 aromatic carbocycles. The van der Waals surface area contributed by atoms with Crippen LogP contribution >= 0.6 is 11.6 Å². The summed E-state index contributed by atoms with van der Waals surface area (Å²) in [6.45, 7) is 0. The van der Waals surface area contributed by atoms with Gasteiger partial charge in [-0.25, -0.2) is 0 Å². The molecule has 1 N–H and O–H groups in total. The molecule has 0 heterocycles. The largest absolute Gasteiger partial charge is 0.497 e. The Labute approximate surface area is 172 Å². The normalized spacial score (nSPS) is 11.4. The van der Waals surface area contributed by atoms with Crippen molar-refractivity contribution in [3.8, 4) is 11.5 Å². The molecule has 0 aromatic heterocycles. The highest BCUT2D eigenvalue weighted by atomic mass is 35.5. The average molecular weight is 413 g/mol. The Morgan fingerprint density at radius 2 is 1.83 bits per heavy atom. The Hall–Kier alpha value is -3.58. The molecule has 0 aliphatic rings. The van der Waals surface area contributed by atoms with E-state index in [4.69, 9.17) is 21.1 Å². The number of benzene rings is 3. The number of carbonyl (C=O) groups excluding carboxylic acids is 1. The van der Waals surface area contributed by atoms with E-state index >= 15 is 0 Å². The lowest BCUT2D eigenvalue weighted by atomic mass is 10.1. The van der Waals surface area contributed by atoms with Gasteiger partial charge in [0, 0.05) is 29.4 Å². The van der Waals surface area contributed by atoms with E-state index in [1.165, 1.54) is 25.3 Å². The first-order valence-corrected chi connectivity index (χ1v) is 8.96. The first kappa shape index (κ1) is 20.2. The van der Waals surface area contributed by atoms with Crippen molar-refractivity contribution in [3.05, 3.63) is 93.5 Å². The average Bonchev–Trinajstić information content (AvgIpc) is 2.73. The first-order valence-electron chi connectivity index (χ1n) is 8.58. The Morgan fingerprint density at radius 1 is 1.07 bits per heavy atom. The van der Waals surface area contributed by atoms with Crippen LogP contribution in [0.2, 0.25) is 5.02 Å². The summed E-state index contributed by atoms with van der Waals surface area (Å²) in [7, 11) is 1.54. The molecule has 0 aliphatic heterocycles. The third-order valence-electron chi connectivity index (χ3n) is 4.05. The molecule has 0 fully saturated rings. The molecular weight excluding hydrogens is 396 g/mol. The highest BCUT2D eigenvalue weighted by Crippen LogP contribution is 2.33. The van der Waals surface area contributed by atoms with E-state index in [2.05, 4.69) is 5.32 Å². The zero-order valence-electron chi connectivity index (χ0n) is 15.4. The zero-order chi connectivity index (χ0) is 20.8. The van der Waals surface area contributed by atoms with Gasteiger partial charge in [0.15, 0.2) is 0 Å². The molecule has 148 valence electrons. The monoisotopic (exact) mass is 412 g/mol. The van der Waals surface area contributed by atoms with Crippen LogP contribution in [0.4, 0.5) is 11.4 Å². The van der Waals surface area contributed by atoms with Crippen LogP contribution in [0.25, 0.3) is 0 Å². The van der Waals surface area contributed by atoms with Gasteiger partial charge in [0.1, 0.15) is 11.5 Å². The van der Waals surface area contributed by atoms with Crippen LogP contribution in [-0.4, -0.2) is 17.9 Å². The molecule has 3 rings (SSSR count). The fourth-order valence-corrected chi connectivity index (χ4v) is 2.85. The number of nitro benzene ring substituents is 1. The molecule has 8 heteroatoms. The van der Waals surface area contributed by atoms with E-state index < -0.39 is 16.9 Å². The van der Waals surface area contributed by atoms with Crippen LogP contribution in [0.3, 0.4) is 0 Å². The van der Waals surface area contributed by atoms with Gasteiger partial charge >= 0.3 is 0 Å². The molecule has 0 unspecified atom stereocenters. The van der Waals surface area contributed by atoms with Gasteiger partial charge in [-0.3, -0.25) is 14.9 Å². The highest BCUT2D eigenvalue weighted by Gasteiger charge is 2.24. The third-order valence-corrected chi connectivity index (χ3v) is 4.34. The Morgan fingerprint density at radius 3 is 2.48 bits per heavy atom. The standard InChI is InChI=1S/C21H17ClN2O5/c1-28-17-9-5-8-15(12-17)23-21(25)20(14-6-3-2-4-7-14)29-19-11-10-16(24(26)27)13-18(19)22/h2-13,20H,1H3,(H,23,25)/t20-/m1/s1. The number of nitrogens with zero attached hydrogens (tertiary/aromatic N) is 1. The van der Waals surface area contributed by atoms with Crippen molar-refractivity contribution in [1.29, 1.82) is 0 Å². The summed E-state index contributed by atoms with van der Waals surface area (Å²) in [6.07, 6.45) is -1.03. The summed E-state index contributed by atoms with van der Waals surface area (Å²) in [4.78, 5) is 23.3. The summed E-state index contributed by atoms with van der Waals surface area (Å²) in [6, 6.07) is 19.6. The van der Waals surface area contributed by atoms with Crippen molar-refractivity contribution in [2.45, 2.75) is 6.10 Å². The number of amides is 1. The van der Waals surface area contributed by atoms with Crippen molar-refractivity contribution in [2.75, 3.05) is 12.4 Å². The summed E-state index contributed by atoms with van der Waals surface area (Å²) in [5.74, 6) is 0.323. The highest BCUT2D eigenvalue weighted by molar-refractivity contribution is 6.32. The second kappa shape index (κ2) is 9.07. The topological polar surface area (TPSA) is 90.7 Å². The maximum atomic E-state index is 13.0. The predicted octanol–water partition coefficient (Wildman–Crippen LogP) is 5.02. The van der Waals surface area contributed by atoms with Crippen molar-refractivity contribution in [3.63, 3.8) is 0 Å². The van der Waals surface area contributed by atoms with Crippen LogP contribution in [0, 0.1) is 10.1 Å². The van der Waals surface area contributed by atoms with Gasteiger partial charge < -0.3 is 14.8 Å². The lowest BCUT2D eigenvalue weighted by Crippen LogP contribution is -2.25. The fourth-order valence-electron chi connectivity index (χ4n) is 2.64. The number of hydrogen-bond acceptors (Lipinski definition) is 5. The molecule has 0 bridgehead atoms. The summed E-state index contributed by atoms with van der Waals surface area (Å²) < 4.78 is 11.0. The van der Waals surface area contributed by atoms with E-state index in [0.29, 0.717) is 17.0 Å². The van der Waals surface area contributed by atoms with E-state index in [1.54, 1.807) is 48.5 Å². The number of halogens is 1. The van der Waals surface area contributed by atoms with E-state index in [9.17, 15) is 14.9 Å². The summed E-state index contributed by atoms with van der Waals surface area (Å²) in [5.41, 5.74) is 0.968. The minimum atomic E-state index is -1.03. The summed E-state index contributed by atoms with van der Waals surface area (Å²) >= 11 is 6.13. The van der Waals surface area contributed by atoms with Gasteiger partial charge in [-0.1, -0.05) is 48.0 Å². The van der Waals surface area contributed by atoms with Crippen LogP contribution in [-0.2, 0) is 4.79 Å². The second-order valence-electron chi connectivity index (χ2n) is 6.00. The number of ether oxygens (including phenoxy) is 2. The Kier molecular flexibility index (Phi) is 6.31. The molecular formula is C21H17ClN2O5. The number of methoxy groups -OCH3 is 1. The summed E-state index contributed by atoms with van der Waals surface area (Å²) in [5, 5.41) is 13.7. The molecule has 0 saturated heterocycles. The van der Waals surface area contributed by atoms with E-state index in [-0.39, 0.29) is 16.5 Å². The maximum Gasteiger partial charge on any atom is 0.271 e. The third kappa shape index (κ3) is 5.03. The lowest BCUT2D eigenvalue weighted by Gasteiger charge is -2.20. The van der Waals surface area contributed by atoms with Crippen LogP contribution in [0.1, 0.15) is 11.7 Å². The second-order valence-corrected chi connectivity index (χ2v) is 6.41. The fraction of sp³-hybridized carbons (Fsp3) is 0.0952. The Balaban J connectivity index is 1.89. The predicted molar refractivity (Wildman–Crippen MR) is 110 cm³/mol. The number of rotatable bonds is 7. The smallest absolute Gasteiger partial charge is 0.271 e. The molecule has 0 saturated carbocycles. The van der Waals surface area contributed by atoms with Crippen molar-refractivity contribution in [2.24, 2.45) is 0 Å². The number of nitro groups is 1. The SMILES string of the molecule is COc1cccc(NC(=O)[C@H](Oc2ccc([N+](=O)[O-])cc2Cl)c2ccccc2)c1. The van der Waals surface area contributed by atoms with Crippen molar-refractivity contribution >= 4 is 28.9 Å². The van der Waals surface area contributed by atoms with Gasteiger partial charge in [0.2, 0.25) is 6.10 Å². The molecule has 0 aliphatic carbocycles. The molecule has 3 aromatic rings. The van der Waals surface area contributed by atoms with Gasteiger partial charge in [-0.15, -0.1) is 0 Å². The van der Waals surface area contributed by atoms with Gasteiger partial charge in [-0.05, 0) is 18.2 Å². The Bertz CT molecular complexity index is 1030. The minimum Gasteiger partial charge on any atom is -0.497 e. The number of nitrogens with one attached hydrogen (secondary N) is 1. The first-order chi connectivity index (χ1) is 14.0. The molecule has 1 atom stereocenters. The van der Waals surface area contributed by atoms with Gasteiger partial charge in [0.25, 0.3) is 11.6 Å². The van der Waals surface area contributed by atoms with E-state index in [0.717, 1.165) is 0 Å². The van der Waals surface area contributed by atoms with Crippen LogP contribution in [0.5, 0.6) is 11.5 Å².